The lowest BCUT2D eigenvalue weighted by Crippen LogP contribution is -2.31. The van der Waals surface area contributed by atoms with Crippen LogP contribution in [-0.4, -0.2) is 20.6 Å². The molecule has 1 amide bonds. The van der Waals surface area contributed by atoms with E-state index >= 15 is 0 Å². The number of aryl methyl sites for hydroxylation is 1. The Hall–Kier alpha value is -2.69. The Morgan fingerprint density at radius 1 is 1.15 bits per heavy atom. The summed E-state index contributed by atoms with van der Waals surface area (Å²) in [7, 11) is -3.60. The van der Waals surface area contributed by atoms with Gasteiger partial charge in [0, 0.05) is 16.9 Å². The third-order valence-electron chi connectivity index (χ3n) is 5.95. The molecule has 2 N–H and O–H groups in total. The molecule has 3 rings (SSSR count). The summed E-state index contributed by atoms with van der Waals surface area (Å²) in [5.74, 6) is -3.18. The Morgan fingerprint density at radius 2 is 1.79 bits per heavy atom. The number of amides is 1. The van der Waals surface area contributed by atoms with Crippen molar-refractivity contribution in [2.45, 2.75) is 44.8 Å². The van der Waals surface area contributed by atoms with E-state index in [0.29, 0.717) is 18.1 Å². The highest BCUT2D eigenvalue weighted by molar-refractivity contribution is 7.92. The molecule has 2 aromatic rings. The number of hydrogen-bond acceptors (Lipinski definition) is 3. The number of anilines is 1. The van der Waals surface area contributed by atoms with Crippen LogP contribution in [0.3, 0.4) is 0 Å². The zero-order chi connectivity index (χ0) is 24.9. The second kappa shape index (κ2) is 8.27. The van der Waals surface area contributed by atoms with Crippen LogP contribution < -0.4 is 10.0 Å². The van der Waals surface area contributed by atoms with Crippen LogP contribution in [0.25, 0.3) is 0 Å². The lowest BCUT2D eigenvalue weighted by Gasteiger charge is -2.19. The number of benzene rings is 2. The van der Waals surface area contributed by atoms with Gasteiger partial charge in [-0.25, -0.2) is 17.2 Å². The predicted molar refractivity (Wildman–Crippen MR) is 113 cm³/mol. The number of halogens is 5. The van der Waals surface area contributed by atoms with Crippen LogP contribution in [0.15, 0.2) is 30.3 Å². The summed E-state index contributed by atoms with van der Waals surface area (Å²) >= 11 is 0. The molecule has 1 aliphatic carbocycles. The maximum atomic E-state index is 14.6. The van der Waals surface area contributed by atoms with Crippen LogP contribution in [-0.2, 0) is 26.4 Å². The summed E-state index contributed by atoms with van der Waals surface area (Å²) in [5.41, 5.74) is -1.26. The van der Waals surface area contributed by atoms with E-state index in [1.54, 1.807) is 20.8 Å². The molecule has 1 aliphatic rings. The van der Waals surface area contributed by atoms with E-state index in [9.17, 15) is 35.2 Å². The molecule has 1 saturated carbocycles. The van der Waals surface area contributed by atoms with Gasteiger partial charge in [0.05, 0.1) is 23.5 Å². The third-order valence-corrected chi connectivity index (χ3v) is 6.54. The molecular weight excluding hydrogens is 467 g/mol. The van der Waals surface area contributed by atoms with Crippen molar-refractivity contribution in [1.82, 2.24) is 5.32 Å². The molecule has 180 valence electrons. The SMILES string of the molecule is Cc1cc(C(C)NC(=O)C2CC2(C)c2ccc(C(F)(F)F)c(F)c2)c(F)cc1NS(C)(=O)=O. The van der Waals surface area contributed by atoms with Crippen LogP contribution in [0.1, 0.15) is 48.6 Å². The first-order chi connectivity index (χ1) is 15.0. The first-order valence-electron chi connectivity index (χ1n) is 9.98. The minimum atomic E-state index is -4.81. The van der Waals surface area contributed by atoms with E-state index in [1.807, 2.05) is 0 Å². The number of carbonyl (C=O) groups is 1. The lowest BCUT2D eigenvalue weighted by molar-refractivity contribution is -0.140. The number of alkyl halides is 3. The predicted octanol–water partition coefficient (Wildman–Crippen LogP) is 4.82. The minimum Gasteiger partial charge on any atom is -0.349 e. The number of hydrogen-bond donors (Lipinski definition) is 2. The zero-order valence-electron chi connectivity index (χ0n) is 18.3. The fourth-order valence-corrected chi connectivity index (χ4v) is 4.52. The molecule has 5 nitrogen and oxygen atoms in total. The molecule has 0 aromatic heterocycles. The third kappa shape index (κ3) is 5.29. The number of carbonyl (C=O) groups excluding carboxylic acids is 1. The van der Waals surface area contributed by atoms with Crippen molar-refractivity contribution >= 4 is 21.6 Å². The van der Waals surface area contributed by atoms with Crippen LogP contribution in [0.2, 0.25) is 0 Å². The summed E-state index contributed by atoms with van der Waals surface area (Å²) in [4.78, 5) is 12.7. The standard InChI is InChI=1S/C22H23F5N2O3S/c1-11-7-14(17(23)9-19(11)29-33(4,31)32)12(2)28-20(30)16-10-21(16,3)13-5-6-15(18(24)8-13)22(25,26)27/h5-9,12,16,29H,10H2,1-4H3,(H,28,30). The normalized spacial score (nSPS) is 21.4. The lowest BCUT2D eigenvalue weighted by atomic mass is 9.93. The summed E-state index contributed by atoms with van der Waals surface area (Å²) in [6.45, 7) is 4.79. The van der Waals surface area contributed by atoms with Gasteiger partial charge in [-0.1, -0.05) is 13.0 Å². The van der Waals surface area contributed by atoms with Crippen molar-refractivity contribution in [1.29, 1.82) is 0 Å². The Kier molecular flexibility index (Phi) is 6.25. The van der Waals surface area contributed by atoms with Crippen LogP contribution in [0.5, 0.6) is 0 Å². The fourth-order valence-electron chi connectivity index (χ4n) is 3.90. The molecule has 0 spiro atoms. The fraction of sp³-hybridized carbons (Fsp3) is 0.409. The van der Waals surface area contributed by atoms with Crippen molar-refractivity contribution in [2.75, 3.05) is 11.0 Å². The summed E-state index contributed by atoms with van der Waals surface area (Å²) in [6, 6.07) is 4.31. The molecule has 0 radical (unpaired) electrons. The second-order valence-electron chi connectivity index (χ2n) is 8.66. The number of nitrogens with one attached hydrogen (secondary N) is 2. The molecule has 3 unspecified atom stereocenters. The van der Waals surface area contributed by atoms with Gasteiger partial charge in [-0.15, -0.1) is 0 Å². The van der Waals surface area contributed by atoms with Gasteiger partial charge in [0.15, 0.2) is 0 Å². The van der Waals surface area contributed by atoms with Gasteiger partial charge in [-0.3, -0.25) is 9.52 Å². The molecular formula is C22H23F5N2O3S. The maximum absolute atomic E-state index is 14.6. The Labute approximate surface area is 188 Å². The molecule has 0 aliphatic heterocycles. The van der Waals surface area contributed by atoms with Crippen molar-refractivity contribution in [3.8, 4) is 0 Å². The van der Waals surface area contributed by atoms with E-state index < -0.39 is 56.7 Å². The number of sulfonamides is 1. The van der Waals surface area contributed by atoms with Crippen molar-refractivity contribution in [2.24, 2.45) is 5.92 Å². The molecule has 2 aromatic carbocycles. The molecule has 0 saturated heterocycles. The maximum Gasteiger partial charge on any atom is 0.419 e. The van der Waals surface area contributed by atoms with Crippen molar-refractivity contribution < 1.29 is 35.2 Å². The molecule has 11 heteroatoms. The summed E-state index contributed by atoms with van der Waals surface area (Å²) < 4.78 is 92.0. The molecule has 3 atom stereocenters. The van der Waals surface area contributed by atoms with Crippen molar-refractivity contribution in [3.63, 3.8) is 0 Å². The number of rotatable bonds is 6. The highest BCUT2D eigenvalue weighted by Crippen LogP contribution is 2.54. The monoisotopic (exact) mass is 490 g/mol. The largest absolute Gasteiger partial charge is 0.419 e. The average Bonchev–Trinajstić information content (AvgIpc) is 3.35. The second-order valence-corrected chi connectivity index (χ2v) is 10.4. The topological polar surface area (TPSA) is 75.3 Å². The molecule has 0 bridgehead atoms. The zero-order valence-corrected chi connectivity index (χ0v) is 19.1. The first-order valence-corrected chi connectivity index (χ1v) is 11.9. The molecule has 33 heavy (non-hydrogen) atoms. The molecule has 1 fully saturated rings. The van der Waals surface area contributed by atoms with Crippen LogP contribution in [0, 0.1) is 24.5 Å². The smallest absolute Gasteiger partial charge is 0.349 e. The van der Waals surface area contributed by atoms with E-state index in [0.717, 1.165) is 18.4 Å². The van der Waals surface area contributed by atoms with Gasteiger partial charge in [-0.05, 0) is 55.7 Å². The van der Waals surface area contributed by atoms with Gasteiger partial charge in [0.1, 0.15) is 11.6 Å². The Morgan fingerprint density at radius 3 is 2.33 bits per heavy atom. The highest BCUT2D eigenvalue weighted by atomic mass is 32.2. The summed E-state index contributed by atoms with van der Waals surface area (Å²) in [6.07, 6.45) is -3.57. The minimum absolute atomic E-state index is 0.0800. The summed E-state index contributed by atoms with van der Waals surface area (Å²) in [5, 5.41) is 2.68. The first kappa shape index (κ1) is 24.9. The van der Waals surface area contributed by atoms with Gasteiger partial charge < -0.3 is 5.32 Å². The van der Waals surface area contributed by atoms with E-state index in [4.69, 9.17) is 0 Å². The van der Waals surface area contributed by atoms with Gasteiger partial charge in [0.25, 0.3) is 0 Å². The van der Waals surface area contributed by atoms with E-state index in [1.165, 1.54) is 12.1 Å². The van der Waals surface area contributed by atoms with E-state index in [-0.39, 0.29) is 16.8 Å². The van der Waals surface area contributed by atoms with Crippen LogP contribution in [0.4, 0.5) is 27.6 Å². The Balaban J connectivity index is 1.74. The van der Waals surface area contributed by atoms with Gasteiger partial charge in [-0.2, -0.15) is 13.2 Å². The molecule has 0 heterocycles. The van der Waals surface area contributed by atoms with Crippen LogP contribution >= 0.6 is 0 Å². The van der Waals surface area contributed by atoms with Gasteiger partial charge in [0.2, 0.25) is 15.9 Å². The Bertz CT molecular complexity index is 1210. The average molecular weight is 490 g/mol. The van der Waals surface area contributed by atoms with E-state index in [2.05, 4.69) is 10.0 Å². The van der Waals surface area contributed by atoms with Gasteiger partial charge >= 0.3 is 6.18 Å². The highest BCUT2D eigenvalue weighted by Gasteiger charge is 2.56. The quantitative estimate of drug-likeness (QED) is 0.571. The van der Waals surface area contributed by atoms with Crippen molar-refractivity contribution in [3.05, 3.63) is 64.2 Å².